The summed E-state index contributed by atoms with van der Waals surface area (Å²) in [5.74, 6) is -5.32. The van der Waals surface area contributed by atoms with Gasteiger partial charge in [-0.05, 0) is 5.56 Å². The zero-order valence-corrected chi connectivity index (χ0v) is 12.0. The summed E-state index contributed by atoms with van der Waals surface area (Å²) in [4.78, 5) is 50.7. The van der Waals surface area contributed by atoms with Crippen LogP contribution < -0.4 is 5.32 Å². The number of hydrogen-bond donors (Lipinski definition) is 1. The molecule has 0 aliphatic carbocycles. The van der Waals surface area contributed by atoms with Gasteiger partial charge in [0.15, 0.2) is 6.04 Å². The van der Waals surface area contributed by atoms with E-state index in [2.05, 4.69) is 4.84 Å². The molecular formula is C14H11F3N2O5. The van der Waals surface area contributed by atoms with Gasteiger partial charge < -0.3 is 10.2 Å². The van der Waals surface area contributed by atoms with Crippen LogP contribution in [0.25, 0.3) is 0 Å². The van der Waals surface area contributed by atoms with Crippen molar-refractivity contribution in [2.75, 3.05) is 0 Å². The molecular weight excluding hydrogens is 333 g/mol. The van der Waals surface area contributed by atoms with Gasteiger partial charge >= 0.3 is 18.1 Å². The van der Waals surface area contributed by atoms with Crippen LogP contribution >= 0.6 is 0 Å². The van der Waals surface area contributed by atoms with Crippen LogP contribution in [0.4, 0.5) is 13.2 Å². The van der Waals surface area contributed by atoms with Crippen molar-refractivity contribution in [1.82, 2.24) is 10.4 Å². The number of carbonyl (C=O) groups is 4. The predicted molar refractivity (Wildman–Crippen MR) is 70.6 cm³/mol. The first-order chi connectivity index (χ1) is 11.2. The molecule has 1 aromatic rings. The van der Waals surface area contributed by atoms with Crippen molar-refractivity contribution in [3.05, 3.63) is 35.9 Å². The lowest BCUT2D eigenvalue weighted by Gasteiger charge is -2.21. The number of nitrogens with zero attached hydrogens (tertiary/aromatic N) is 1. The highest BCUT2D eigenvalue weighted by atomic mass is 19.4. The van der Waals surface area contributed by atoms with Crippen molar-refractivity contribution in [3.8, 4) is 0 Å². The molecule has 1 saturated heterocycles. The van der Waals surface area contributed by atoms with Crippen molar-refractivity contribution in [2.45, 2.75) is 25.1 Å². The van der Waals surface area contributed by atoms with Gasteiger partial charge in [0.1, 0.15) is 0 Å². The average Bonchev–Trinajstić information content (AvgIpc) is 2.84. The number of hydrogen-bond acceptors (Lipinski definition) is 5. The fraction of sp³-hybridized carbons (Fsp3) is 0.286. The molecule has 3 amide bonds. The van der Waals surface area contributed by atoms with Crippen LogP contribution in [-0.4, -0.2) is 34.9 Å². The highest BCUT2D eigenvalue weighted by molar-refractivity contribution is 6.02. The van der Waals surface area contributed by atoms with Crippen molar-refractivity contribution in [1.29, 1.82) is 0 Å². The second-order valence-electron chi connectivity index (χ2n) is 4.81. The first kappa shape index (κ1) is 17.4. The van der Waals surface area contributed by atoms with Gasteiger partial charge in [-0.1, -0.05) is 30.3 Å². The monoisotopic (exact) mass is 344 g/mol. The van der Waals surface area contributed by atoms with Crippen molar-refractivity contribution < 1.29 is 37.2 Å². The largest absolute Gasteiger partial charge is 0.471 e. The first-order valence-corrected chi connectivity index (χ1v) is 6.70. The highest BCUT2D eigenvalue weighted by Gasteiger charge is 2.42. The van der Waals surface area contributed by atoms with Gasteiger partial charge in [0.05, 0.1) is 0 Å². The van der Waals surface area contributed by atoms with E-state index in [1.54, 1.807) is 6.07 Å². The highest BCUT2D eigenvalue weighted by Crippen LogP contribution is 2.21. The Morgan fingerprint density at radius 3 is 2.12 bits per heavy atom. The van der Waals surface area contributed by atoms with Gasteiger partial charge in [-0.3, -0.25) is 14.4 Å². The Morgan fingerprint density at radius 1 is 1.08 bits per heavy atom. The fourth-order valence-corrected chi connectivity index (χ4v) is 1.94. The van der Waals surface area contributed by atoms with E-state index >= 15 is 0 Å². The smallest absolute Gasteiger partial charge is 0.331 e. The molecule has 1 fully saturated rings. The van der Waals surface area contributed by atoms with Crippen molar-refractivity contribution in [3.63, 3.8) is 0 Å². The van der Waals surface area contributed by atoms with E-state index in [1.807, 2.05) is 0 Å². The molecule has 1 aromatic carbocycles. The number of nitrogens with one attached hydrogen (secondary N) is 1. The molecule has 7 nitrogen and oxygen atoms in total. The summed E-state index contributed by atoms with van der Waals surface area (Å²) < 4.78 is 37.3. The third-order valence-electron chi connectivity index (χ3n) is 3.09. The Kier molecular flexibility index (Phi) is 4.86. The molecule has 1 heterocycles. The maximum atomic E-state index is 12.4. The van der Waals surface area contributed by atoms with Crippen LogP contribution in [0.5, 0.6) is 0 Å². The molecule has 0 radical (unpaired) electrons. The molecule has 1 aliphatic rings. The van der Waals surface area contributed by atoms with Gasteiger partial charge in [-0.15, -0.1) is 5.06 Å². The molecule has 10 heteroatoms. The molecule has 1 N–H and O–H groups in total. The fourth-order valence-electron chi connectivity index (χ4n) is 1.94. The number of hydroxylamine groups is 2. The van der Waals surface area contributed by atoms with E-state index in [0.29, 0.717) is 0 Å². The lowest BCUT2D eigenvalue weighted by atomic mass is 10.1. The quantitative estimate of drug-likeness (QED) is 0.823. The van der Waals surface area contributed by atoms with Crippen molar-refractivity contribution in [2.24, 2.45) is 0 Å². The minimum Gasteiger partial charge on any atom is -0.331 e. The summed E-state index contributed by atoms with van der Waals surface area (Å²) in [6.45, 7) is 0. The molecule has 0 saturated carbocycles. The van der Waals surface area contributed by atoms with Gasteiger partial charge in [0, 0.05) is 12.8 Å². The molecule has 0 spiro atoms. The van der Waals surface area contributed by atoms with Gasteiger partial charge in [0.25, 0.3) is 11.8 Å². The van der Waals surface area contributed by atoms with Crippen LogP contribution in [-0.2, 0) is 24.0 Å². The van der Waals surface area contributed by atoms with Crippen LogP contribution in [0.15, 0.2) is 30.3 Å². The van der Waals surface area contributed by atoms with E-state index in [0.717, 1.165) is 0 Å². The number of benzene rings is 1. The first-order valence-electron chi connectivity index (χ1n) is 6.70. The maximum Gasteiger partial charge on any atom is 0.471 e. The molecule has 128 valence electrons. The summed E-state index contributed by atoms with van der Waals surface area (Å²) in [6.07, 6.45) is -5.55. The second-order valence-corrected chi connectivity index (χ2v) is 4.81. The lowest BCUT2D eigenvalue weighted by Crippen LogP contribution is -2.44. The lowest BCUT2D eigenvalue weighted by molar-refractivity contribution is -0.200. The molecule has 0 bridgehead atoms. The van der Waals surface area contributed by atoms with Crippen LogP contribution in [0.1, 0.15) is 24.4 Å². The van der Waals surface area contributed by atoms with E-state index in [1.165, 1.54) is 29.6 Å². The number of carbonyl (C=O) groups excluding carboxylic acids is 4. The number of rotatable bonds is 4. The van der Waals surface area contributed by atoms with Gasteiger partial charge in [-0.2, -0.15) is 13.2 Å². The van der Waals surface area contributed by atoms with E-state index in [-0.39, 0.29) is 23.5 Å². The molecule has 24 heavy (non-hydrogen) atoms. The standard InChI is InChI=1S/C14H11F3N2O5/c15-14(16,17)13(23)18-11(8-4-2-1-3-5-8)12(22)24-19-9(20)6-7-10(19)21/h1-5,11H,6-7H2,(H,18,23)/t11-/m0/s1. The molecule has 2 rings (SSSR count). The third-order valence-corrected chi connectivity index (χ3v) is 3.09. The summed E-state index contributed by atoms with van der Waals surface area (Å²) in [7, 11) is 0. The molecule has 0 unspecified atom stereocenters. The second kappa shape index (κ2) is 6.69. The van der Waals surface area contributed by atoms with Crippen LogP contribution in [0, 0.1) is 0 Å². The predicted octanol–water partition coefficient (Wildman–Crippen LogP) is 1.01. The van der Waals surface area contributed by atoms with E-state index in [4.69, 9.17) is 0 Å². The molecule has 1 aliphatic heterocycles. The van der Waals surface area contributed by atoms with Gasteiger partial charge in [0.2, 0.25) is 0 Å². The zero-order valence-electron chi connectivity index (χ0n) is 12.0. The topological polar surface area (TPSA) is 92.8 Å². The number of imide groups is 1. The molecule has 0 aromatic heterocycles. The third kappa shape index (κ3) is 3.89. The summed E-state index contributed by atoms with van der Waals surface area (Å²) in [5.41, 5.74) is -0.000745. The number of halogens is 3. The summed E-state index contributed by atoms with van der Waals surface area (Å²) in [6, 6.07) is 5.15. The van der Waals surface area contributed by atoms with Crippen LogP contribution in [0.3, 0.4) is 0 Å². The Labute approximate surface area is 133 Å². The Bertz CT molecular complexity index is 659. The zero-order chi connectivity index (χ0) is 17.9. The van der Waals surface area contributed by atoms with E-state index < -0.39 is 35.9 Å². The van der Waals surface area contributed by atoms with Crippen LogP contribution in [0.2, 0.25) is 0 Å². The minimum absolute atomic E-state index is 0.000745. The Balaban J connectivity index is 2.22. The van der Waals surface area contributed by atoms with Crippen molar-refractivity contribution >= 4 is 23.7 Å². The minimum atomic E-state index is -5.22. The number of amides is 3. The summed E-state index contributed by atoms with van der Waals surface area (Å²) >= 11 is 0. The average molecular weight is 344 g/mol. The Hall–Kier alpha value is -2.91. The number of alkyl halides is 3. The van der Waals surface area contributed by atoms with E-state index in [9.17, 15) is 32.3 Å². The SMILES string of the molecule is O=C(ON1C(=O)CCC1=O)[C@@H](NC(=O)C(F)(F)F)c1ccccc1. The van der Waals surface area contributed by atoms with Gasteiger partial charge in [-0.25, -0.2) is 4.79 Å². The maximum absolute atomic E-state index is 12.4. The summed E-state index contributed by atoms with van der Waals surface area (Å²) in [5, 5.41) is 1.68. The normalized spacial score (nSPS) is 16.0. The molecule has 1 atom stereocenters. The Morgan fingerprint density at radius 2 is 1.62 bits per heavy atom.